The predicted octanol–water partition coefficient (Wildman–Crippen LogP) is 0.723. The molecule has 1 saturated heterocycles. The molecule has 0 aromatic heterocycles. The zero-order valence-electron chi connectivity index (χ0n) is 9.25. The average Bonchev–Trinajstić information content (AvgIpc) is 2.33. The lowest BCUT2D eigenvalue weighted by Crippen LogP contribution is -2.42. The van der Waals surface area contributed by atoms with E-state index in [1.807, 2.05) is 0 Å². The van der Waals surface area contributed by atoms with E-state index in [1.165, 1.54) is 6.07 Å². The normalized spacial score (nSPS) is 17.6. The number of hydrogen-bond donors (Lipinski definition) is 2. The van der Waals surface area contributed by atoms with Crippen LogP contribution in [-0.4, -0.2) is 36.2 Å². The number of aliphatic hydroxyl groups is 1. The van der Waals surface area contributed by atoms with Gasteiger partial charge < -0.3 is 10.4 Å². The van der Waals surface area contributed by atoms with Crippen molar-refractivity contribution in [2.45, 2.75) is 13.2 Å². The number of aliphatic hydroxyl groups excluding tert-OH is 1. The van der Waals surface area contributed by atoms with Crippen molar-refractivity contribution < 1.29 is 9.50 Å². The van der Waals surface area contributed by atoms with Gasteiger partial charge in [0.25, 0.3) is 0 Å². The highest BCUT2D eigenvalue weighted by Gasteiger charge is 2.10. The van der Waals surface area contributed by atoms with E-state index in [1.54, 1.807) is 12.1 Å². The topological polar surface area (TPSA) is 35.5 Å². The van der Waals surface area contributed by atoms with Gasteiger partial charge in [0.15, 0.2) is 0 Å². The van der Waals surface area contributed by atoms with E-state index >= 15 is 0 Å². The van der Waals surface area contributed by atoms with Gasteiger partial charge in [0.05, 0.1) is 6.61 Å². The first-order chi connectivity index (χ1) is 7.79. The van der Waals surface area contributed by atoms with Crippen molar-refractivity contribution in [3.8, 4) is 0 Å². The Bertz CT molecular complexity index is 351. The Hall–Kier alpha value is -0.970. The first kappa shape index (κ1) is 11.5. The van der Waals surface area contributed by atoms with E-state index < -0.39 is 0 Å². The largest absolute Gasteiger partial charge is 0.392 e. The van der Waals surface area contributed by atoms with Crippen molar-refractivity contribution in [2.75, 3.05) is 26.2 Å². The molecule has 88 valence electrons. The fourth-order valence-corrected chi connectivity index (χ4v) is 1.98. The summed E-state index contributed by atoms with van der Waals surface area (Å²) in [6, 6.07) is 4.97. The lowest BCUT2D eigenvalue weighted by atomic mass is 10.1. The van der Waals surface area contributed by atoms with Gasteiger partial charge in [0.2, 0.25) is 0 Å². The van der Waals surface area contributed by atoms with Crippen molar-refractivity contribution in [3.05, 3.63) is 35.1 Å². The second kappa shape index (κ2) is 5.39. The maximum Gasteiger partial charge on any atom is 0.128 e. The molecule has 0 aliphatic carbocycles. The zero-order valence-corrected chi connectivity index (χ0v) is 9.25. The molecule has 2 rings (SSSR count). The molecule has 2 N–H and O–H groups in total. The highest BCUT2D eigenvalue weighted by Crippen LogP contribution is 2.12. The molecule has 1 aliphatic rings. The third-order valence-corrected chi connectivity index (χ3v) is 2.90. The Kier molecular flexibility index (Phi) is 3.88. The van der Waals surface area contributed by atoms with Crippen LogP contribution >= 0.6 is 0 Å². The van der Waals surface area contributed by atoms with E-state index in [4.69, 9.17) is 5.11 Å². The molecule has 1 aromatic carbocycles. The first-order valence-electron chi connectivity index (χ1n) is 5.61. The average molecular weight is 224 g/mol. The summed E-state index contributed by atoms with van der Waals surface area (Å²) in [5, 5.41) is 12.3. The van der Waals surface area contributed by atoms with Gasteiger partial charge in [-0.3, -0.25) is 4.90 Å². The van der Waals surface area contributed by atoms with Gasteiger partial charge in [0.1, 0.15) is 5.82 Å². The molecular formula is C12H17FN2O. The van der Waals surface area contributed by atoms with E-state index in [0.29, 0.717) is 5.56 Å². The van der Waals surface area contributed by atoms with Gasteiger partial charge in [-0.25, -0.2) is 4.39 Å². The molecule has 1 aromatic rings. The van der Waals surface area contributed by atoms with Crippen LogP contribution < -0.4 is 5.32 Å². The Morgan fingerprint density at radius 2 is 2.06 bits per heavy atom. The highest BCUT2D eigenvalue weighted by molar-refractivity contribution is 5.24. The van der Waals surface area contributed by atoms with Crippen molar-refractivity contribution in [2.24, 2.45) is 0 Å². The molecule has 0 unspecified atom stereocenters. The maximum atomic E-state index is 13.2. The van der Waals surface area contributed by atoms with Gasteiger partial charge in [-0.2, -0.15) is 0 Å². The number of nitrogens with zero attached hydrogens (tertiary/aromatic N) is 1. The van der Waals surface area contributed by atoms with Gasteiger partial charge in [-0.05, 0) is 17.7 Å². The van der Waals surface area contributed by atoms with E-state index in [2.05, 4.69) is 10.2 Å². The lowest BCUT2D eigenvalue weighted by molar-refractivity contribution is 0.232. The lowest BCUT2D eigenvalue weighted by Gasteiger charge is -2.27. The minimum absolute atomic E-state index is 0.235. The molecular weight excluding hydrogens is 207 g/mol. The summed E-state index contributed by atoms with van der Waals surface area (Å²) in [4.78, 5) is 2.32. The zero-order chi connectivity index (χ0) is 11.4. The van der Waals surface area contributed by atoms with Crippen LogP contribution in [0.15, 0.2) is 18.2 Å². The molecule has 0 atom stereocenters. The van der Waals surface area contributed by atoms with Gasteiger partial charge >= 0.3 is 0 Å². The minimum Gasteiger partial charge on any atom is -0.392 e. The van der Waals surface area contributed by atoms with Gasteiger partial charge in [-0.1, -0.05) is 6.07 Å². The minimum atomic E-state index is -0.327. The summed E-state index contributed by atoms with van der Waals surface area (Å²) >= 11 is 0. The summed E-state index contributed by atoms with van der Waals surface area (Å²) in [5.74, 6) is -0.327. The summed E-state index contributed by atoms with van der Waals surface area (Å²) < 4.78 is 13.2. The molecule has 3 nitrogen and oxygen atoms in total. The molecule has 0 spiro atoms. The van der Waals surface area contributed by atoms with E-state index in [0.717, 1.165) is 38.3 Å². The van der Waals surface area contributed by atoms with E-state index in [-0.39, 0.29) is 12.4 Å². The van der Waals surface area contributed by atoms with Crippen molar-refractivity contribution in [3.63, 3.8) is 0 Å². The van der Waals surface area contributed by atoms with Crippen LogP contribution in [0.2, 0.25) is 0 Å². The quantitative estimate of drug-likeness (QED) is 0.794. The Morgan fingerprint density at radius 1 is 1.31 bits per heavy atom. The monoisotopic (exact) mass is 224 g/mol. The molecule has 0 amide bonds. The van der Waals surface area contributed by atoms with Crippen LogP contribution in [0.25, 0.3) is 0 Å². The molecule has 0 bridgehead atoms. The molecule has 1 heterocycles. The van der Waals surface area contributed by atoms with Gasteiger partial charge in [0, 0.05) is 38.3 Å². The smallest absolute Gasteiger partial charge is 0.128 e. The second-order valence-corrected chi connectivity index (χ2v) is 4.11. The van der Waals surface area contributed by atoms with Crippen LogP contribution in [0.3, 0.4) is 0 Å². The molecule has 0 saturated carbocycles. The number of halogens is 1. The van der Waals surface area contributed by atoms with Crippen LogP contribution in [0.1, 0.15) is 11.1 Å². The molecule has 0 radical (unpaired) electrons. The van der Waals surface area contributed by atoms with Crippen LogP contribution in [0.5, 0.6) is 0 Å². The fourth-order valence-electron chi connectivity index (χ4n) is 1.98. The summed E-state index contributed by atoms with van der Waals surface area (Å²) in [7, 11) is 0. The molecule has 16 heavy (non-hydrogen) atoms. The summed E-state index contributed by atoms with van der Waals surface area (Å²) in [5.41, 5.74) is 1.44. The Balaban J connectivity index is 2.03. The molecule has 1 fully saturated rings. The van der Waals surface area contributed by atoms with Crippen LogP contribution in [0.4, 0.5) is 4.39 Å². The number of piperazine rings is 1. The number of hydrogen-bond acceptors (Lipinski definition) is 3. The van der Waals surface area contributed by atoms with Crippen molar-refractivity contribution in [1.82, 2.24) is 10.2 Å². The first-order valence-corrected chi connectivity index (χ1v) is 5.61. The number of nitrogens with one attached hydrogen (secondary N) is 1. The van der Waals surface area contributed by atoms with Crippen molar-refractivity contribution >= 4 is 0 Å². The number of rotatable bonds is 3. The SMILES string of the molecule is OCc1cc(CN2CCNCC2)ccc1F. The highest BCUT2D eigenvalue weighted by atomic mass is 19.1. The number of benzene rings is 1. The third kappa shape index (κ3) is 2.78. The standard InChI is InChI=1S/C12H17FN2O/c13-12-2-1-10(7-11(12)9-16)8-15-5-3-14-4-6-15/h1-2,7,14,16H,3-6,8-9H2. The van der Waals surface area contributed by atoms with Crippen LogP contribution in [-0.2, 0) is 13.2 Å². The Morgan fingerprint density at radius 3 is 2.75 bits per heavy atom. The summed E-state index contributed by atoms with van der Waals surface area (Å²) in [6.07, 6.45) is 0. The second-order valence-electron chi connectivity index (χ2n) is 4.11. The third-order valence-electron chi connectivity index (χ3n) is 2.90. The molecule has 4 heteroatoms. The molecule has 1 aliphatic heterocycles. The van der Waals surface area contributed by atoms with E-state index in [9.17, 15) is 4.39 Å². The van der Waals surface area contributed by atoms with Crippen molar-refractivity contribution in [1.29, 1.82) is 0 Å². The fraction of sp³-hybridized carbons (Fsp3) is 0.500. The summed E-state index contributed by atoms with van der Waals surface area (Å²) in [6.45, 7) is 4.65. The van der Waals surface area contributed by atoms with Crippen LogP contribution in [0, 0.1) is 5.82 Å². The van der Waals surface area contributed by atoms with Gasteiger partial charge in [-0.15, -0.1) is 0 Å². The maximum absolute atomic E-state index is 13.2. The predicted molar refractivity (Wildman–Crippen MR) is 60.5 cm³/mol. The Labute approximate surface area is 94.9 Å².